The van der Waals surface area contributed by atoms with Crippen molar-refractivity contribution in [3.8, 4) is 0 Å². The van der Waals surface area contributed by atoms with Crippen molar-refractivity contribution >= 4 is 17.8 Å². The van der Waals surface area contributed by atoms with Gasteiger partial charge in [-0.1, -0.05) is 13.3 Å². The molecule has 0 aromatic carbocycles. The minimum atomic E-state index is -1.18. The van der Waals surface area contributed by atoms with Crippen LogP contribution in [0.25, 0.3) is 0 Å². The summed E-state index contributed by atoms with van der Waals surface area (Å²) in [6.45, 7) is 1.87. The summed E-state index contributed by atoms with van der Waals surface area (Å²) in [4.78, 5) is 32.7. The van der Waals surface area contributed by atoms with Crippen LogP contribution >= 0.6 is 0 Å². The molecule has 0 fully saturated rings. The number of hydrogen-bond donors (Lipinski definition) is 4. The zero-order valence-electron chi connectivity index (χ0n) is 10.4. The molecule has 0 bridgehead atoms. The highest BCUT2D eigenvalue weighted by molar-refractivity contribution is 5.86. The van der Waals surface area contributed by atoms with E-state index in [1.807, 2.05) is 6.92 Å². The first-order chi connectivity index (χ1) is 8.38. The van der Waals surface area contributed by atoms with E-state index in [2.05, 4.69) is 5.32 Å². The number of carboxylic acids is 2. The lowest BCUT2D eigenvalue weighted by Crippen LogP contribution is -2.48. The molecule has 18 heavy (non-hydrogen) atoms. The van der Waals surface area contributed by atoms with Crippen molar-refractivity contribution in [3.05, 3.63) is 0 Å². The molecular weight excluding hydrogens is 240 g/mol. The maximum absolute atomic E-state index is 11.5. The minimum absolute atomic E-state index is 0.0756. The van der Waals surface area contributed by atoms with Gasteiger partial charge in [-0.05, 0) is 19.3 Å². The summed E-state index contributed by atoms with van der Waals surface area (Å²) < 4.78 is 0. The van der Waals surface area contributed by atoms with Crippen LogP contribution in [0.3, 0.4) is 0 Å². The molecule has 0 radical (unpaired) electrons. The largest absolute Gasteiger partial charge is 0.481 e. The molecule has 0 spiro atoms. The molecule has 2 atom stereocenters. The Balaban J connectivity index is 4.22. The van der Waals surface area contributed by atoms with Crippen molar-refractivity contribution in [3.63, 3.8) is 0 Å². The van der Waals surface area contributed by atoms with E-state index in [9.17, 15) is 14.4 Å². The van der Waals surface area contributed by atoms with Gasteiger partial charge in [-0.25, -0.2) is 4.79 Å². The molecule has 7 heteroatoms. The van der Waals surface area contributed by atoms with Gasteiger partial charge >= 0.3 is 11.9 Å². The predicted molar refractivity (Wildman–Crippen MR) is 63.9 cm³/mol. The van der Waals surface area contributed by atoms with Crippen LogP contribution in [0.15, 0.2) is 0 Å². The van der Waals surface area contributed by atoms with Crippen LogP contribution in [0.1, 0.15) is 39.0 Å². The van der Waals surface area contributed by atoms with E-state index in [0.29, 0.717) is 6.42 Å². The molecule has 0 rings (SSSR count). The molecular formula is C11H20N2O5. The van der Waals surface area contributed by atoms with Gasteiger partial charge < -0.3 is 21.3 Å². The second kappa shape index (κ2) is 8.46. The Labute approximate surface area is 105 Å². The van der Waals surface area contributed by atoms with E-state index in [1.165, 1.54) is 0 Å². The van der Waals surface area contributed by atoms with Crippen molar-refractivity contribution in [1.29, 1.82) is 0 Å². The number of carbonyl (C=O) groups is 3. The van der Waals surface area contributed by atoms with E-state index in [-0.39, 0.29) is 19.3 Å². The highest BCUT2D eigenvalue weighted by Crippen LogP contribution is 2.03. The molecule has 0 saturated heterocycles. The van der Waals surface area contributed by atoms with Crippen LogP contribution in [-0.2, 0) is 14.4 Å². The Morgan fingerprint density at radius 3 is 2.28 bits per heavy atom. The molecule has 5 N–H and O–H groups in total. The first-order valence-electron chi connectivity index (χ1n) is 5.89. The number of carboxylic acid groups (broad SMARTS) is 2. The van der Waals surface area contributed by atoms with Crippen LogP contribution in [0.2, 0.25) is 0 Å². The fourth-order valence-corrected chi connectivity index (χ4v) is 1.44. The van der Waals surface area contributed by atoms with Crippen LogP contribution < -0.4 is 11.1 Å². The lowest BCUT2D eigenvalue weighted by molar-refractivity contribution is -0.143. The van der Waals surface area contributed by atoms with Gasteiger partial charge in [0.05, 0.1) is 6.04 Å². The summed E-state index contributed by atoms with van der Waals surface area (Å²) >= 11 is 0. The fourth-order valence-electron chi connectivity index (χ4n) is 1.44. The Kier molecular flexibility index (Phi) is 7.69. The summed E-state index contributed by atoms with van der Waals surface area (Å²) in [5, 5.41) is 19.7. The first kappa shape index (κ1) is 16.4. The van der Waals surface area contributed by atoms with Crippen LogP contribution in [0.4, 0.5) is 0 Å². The third-order valence-electron chi connectivity index (χ3n) is 2.43. The van der Waals surface area contributed by atoms with Crippen LogP contribution in [-0.4, -0.2) is 40.1 Å². The fraction of sp³-hybridized carbons (Fsp3) is 0.727. The normalized spacial score (nSPS) is 13.7. The van der Waals surface area contributed by atoms with E-state index >= 15 is 0 Å². The van der Waals surface area contributed by atoms with E-state index in [1.54, 1.807) is 0 Å². The zero-order chi connectivity index (χ0) is 14.1. The number of nitrogens with two attached hydrogens (primary N) is 1. The molecule has 0 saturated carbocycles. The maximum atomic E-state index is 11.5. The van der Waals surface area contributed by atoms with Gasteiger partial charge in [0.15, 0.2) is 0 Å². The Morgan fingerprint density at radius 2 is 1.83 bits per heavy atom. The lowest BCUT2D eigenvalue weighted by Gasteiger charge is -2.17. The number of amides is 1. The van der Waals surface area contributed by atoms with Gasteiger partial charge in [0, 0.05) is 6.42 Å². The van der Waals surface area contributed by atoms with Gasteiger partial charge in [-0.15, -0.1) is 0 Å². The second-order valence-corrected chi connectivity index (χ2v) is 4.08. The molecule has 7 nitrogen and oxygen atoms in total. The first-order valence-corrected chi connectivity index (χ1v) is 5.89. The SMILES string of the molecule is CCCC(N)C(=O)N[C@H](CCCC(=O)O)C(=O)O. The van der Waals surface area contributed by atoms with Crippen LogP contribution in [0.5, 0.6) is 0 Å². The monoisotopic (exact) mass is 260 g/mol. The molecule has 0 heterocycles. The number of rotatable bonds is 9. The summed E-state index contributed by atoms with van der Waals surface area (Å²) in [6, 6.07) is -1.81. The molecule has 0 aromatic rings. The van der Waals surface area contributed by atoms with E-state index in [4.69, 9.17) is 15.9 Å². The topological polar surface area (TPSA) is 130 Å². The van der Waals surface area contributed by atoms with Gasteiger partial charge in [-0.3, -0.25) is 9.59 Å². The molecule has 104 valence electrons. The molecule has 1 unspecified atom stereocenters. The number of nitrogens with one attached hydrogen (secondary N) is 1. The highest BCUT2D eigenvalue weighted by Gasteiger charge is 2.22. The van der Waals surface area contributed by atoms with Gasteiger partial charge in [-0.2, -0.15) is 0 Å². The second-order valence-electron chi connectivity index (χ2n) is 4.08. The van der Waals surface area contributed by atoms with Crippen molar-refractivity contribution in [2.75, 3.05) is 0 Å². The third-order valence-corrected chi connectivity index (χ3v) is 2.43. The minimum Gasteiger partial charge on any atom is -0.481 e. The zero-order valence-corrected chi connectivity index (χ0v) is 10.4. The van der Waals surface area contributed by atoms with Crippen molar-refractivity contribution < 1.29 is 24.6 Å². The van der Waals surface area contributed by atoms with Crippen LogP contribution in [0, 0.1) is 0 Å². The molecule has 1 amide bonds. The Bertz CT molecular complexity index is 306. The smallest absolute Gasteiger partial charge is 0.326 e. The maximum Gasteiger partial charge on any atom is 0.326 e. The molecule has 0 aromatic heterocycles. The third kappa shape index (κ3) is 6.85. The average Bonchev–Trinajstić information content (AvgIpc) is 2.27. The number of hydrogen-bond acceptors (Lipinski definition) is 4. The molecule has 0 aliphatic carbocycles. The highest BCUT2D eigenvalue weighted by atomic mass is 16.4. The summed E-state index contributed by atoms with van der Waals surface area (Å²) in [5.41, 5.74) is 5.55. The van der Waals surface area contributed by atoms with Gasteiger partial charge in [0.1, 0.15) is 6.04 Å². The van der Waals surface area contributed by atoms with Crippen molar-refractivity contribution in [2.24, 2.45) is 5.73 Å². The lowest BCUT2D eigenvalue weighted by atomic mass is 10.1. The average molecular weight is 260 g/mol. The Morgan fingerprint density at radius 1 is 1.22 bits per heavy atom. The van der Waals surface area contributed by atoms with Crippen molar-refractivity contribution in [1.82, 2.24) is 5.32 Å². The standard InChI is InChI=1S/C11H20N2O5/c1-2-4-7(12)10(16)13-8(11(17)18)5-3-6-9(14)15/h7-8H,2-6,12H2,1H3,(H,13,16)(H,14,15)(H,17,18)/t7?,8-/m1/s1. The van der Waals surface area contributed by atoms with E-state index in [0.717, 1.165) is 6.42 Å². The quantitative estimate of drug-likeness (QED) is 0.459. The predicted octanol–water partition coefficient (Wildman–Crippen LogP) is -0.0619. The number of carbonyl (C=O) groups excluding carboxylic acids is 1. The number of aliphatic carboxylic acids is 2. The summed E-state index contributed by atoms with van der Waals surface area (Å²) in [6.07, 6.45) is 1.35. The van der Waals surface area contributed by atoms with Crippen molar-refractivity contribution in [2.45, 2.75) is 51.1 Å². The van der Waals surface area contributed by atoms with Gasteiger partial charge in [0.25, 0.3) is 0 Å². The van der Waals surface area contributed by atoms with Gasteiger partial charge in [0.2, 0.25) is 5.91 Å². The molecule has 0 aliphatic heterocycles. The summed E-state index contributed by atoms with van der Waals surface area (Å²) in [5.74, 6) is -2.69. The molecule has 0 aliphatic rings. The summed E-state index contributed by atoms with van der Waals surface area (Å²) in [7, 11) is 0. The van der Waals surface area contributed by atoms with E-state index < -0.39 is 29.9 Å². The Hall–Kier alpha value is -1.63.